The van der Waals surface area contributed by atoms with E-state index in [1.54, 1.807) is 6.20 Å². The van der Waals surface area contributed by atoms with Gasteiger partial charge in [0, 0.05) is 32.4 Å². The number of carbonyl (C=O) groups excluding carboxylic acids is 1. The van der Waals surface area contributed by atoms with Crippen LogP contribution >= 0.6 is 0 Å². The molecule has 0 unspecified atom stereocenters. The molecule has 0 bridgehead atoms. The first kappa shape index (κ1) is 14.0. The molecule has 0 radical (unpaired) electrons. The predicted octanol–water partition coefficient (Wildman–Crippen LogP) is 1.47. The van der Waals surface area contributed by atoms with Gasteiger partial charge in [0.2, 0.25) is 5.91 Å². The highest BCUT2D eigenvalue weighted by atomic mass is 16.2. The van der Waals surface area contributed by atoms with Crippen molar-refractivity contribution in [3.05, 3.63) is 30.1 Å². The second kappa shape index (κ2) is 7.24. The lowest BCUT2D eigenvalue weighted by atomic mass is 9.97. The minimum atomic E-state index is 0.238. The van der Waals surface area contributed by atoms with Crippen LogP contribution in [0.5, 0.6) is 0 Å². The van der Waals surface area contributed by atoms with Gasteiger partial charge in [-0.2, -0.15) is 0 Å². The fourth-order valence-electron chi connectivity index (χ4n) is 2.54. The largest absolute Gasteiger partial charge is 0.345 e. The molecule has 1 aromatic heterocycles. The summed E-state index contributed by atoms with van der Waals surface area (Å²) in [5, 5.41) is 3.35. The van der Waals surface area contributed by atoms with E-state index in [1.165, 1.54) is 12.8 Å². The molecule has 1 amide bonds. The Morgan fingerprint density at radius 2 is 2.26 bits per heavy atom. The van der Waals surface area contributed by atoms with Crippen LogP contribution in [0.2, 0.25) is 0 Å². The predicted molar refractivity (Wildman–Crippen MR) is 75.8 cm³/mol. The average molecular weight is 261 g/mol. The van der Waals surface area contributed by atoms with E-state index in [0.717, 1.165) is 31.6 Å². The maximum absolute atomic E-state index is 12.1. The SMILES string of the molecule is CN(CC1CCNCC1)C(=O)CCc1cccnc1. The second-order valence-corrected chi connectivity index (χ2v) is 5.33. The van der Waals surface area contributed by atoms with Gasteiger partial charge in [0.25, 0.3) is 0 Å². The van der Waals surface area contributed by atoms with Crippen molar-refractivity contribution < 1.29 is 4.79 Å². The molecule has 1 saturated heterocycles. The van der Waals surface area contributed by atoms with Crippen LogP contribution in [0.15, 0.2) is 24.5 Å². The van der Waals surface area contributed by atoms with Gasteiger partial charge in [-0.15, -0.1) is 0 Å². The highest BCUT2D eigenvalue weighted by Crippen LogP contribution is 2.13. The smallest absolute Gasteiger partial charge is 0.222 e. The summed E-state index contributed by atoms with van der Waals surface area (Å²) in [4.78, 5) is 18.0. The highest BCUT2D eigenvalue weighted by Gasteiger charge is 2.17. The number of aryl methyl sites for hydroxylation is 1. The fourth-order valence-corrected chi connectivity index (χ4v) is 2.54. The summed E-state index contributed by atoms with van der Waals surface area (Å²) < 4.78 is 0. The summed E-state index contributed by atoms with van der Waals surface area (Å²) >= 11 is 0. The van der Waals surface area contributed by atoms with Crippen molar-refractivity contribution in [3.63, 3.8) is 0 Å². The third kappa shape index (κ3) is 4.63. The van der Waals surface area contributed by atoms with E-state index in [0.29, 0.717) is 12.3 Å². The summed E-state index contributed by atoms with van der Waals surface area (Å²) in [6.07, 6.45) is 7.31. The summed E-state index contributed by atoms with van der Waals surface area (Å²) in [5.41, 5.74) is 1.13. The molecule has 104 valence electrons. The number of rotatable bonds is 5. The first-order valence-electron chi connectivity index (χ1n) is 7.09. The maximum atomic E-state index is 12.1. The first-order valence-corrected chi connectivity index (χ1v) is 7.09. The van der Waals surface area contributed by atoms with E-state index in [4.69, 9.17) is 0 Å². The number of piperidine rings is 1. The van der Waals surface area contributed by atoms with E-state index in [-0.39, 0.29) is 5.91 Å². The number of nitrogens with zero attached hydrogens (tertiary/aromatic N) is 2. The van der Waals surface area contributed by atoms with E-state index in [2.05, 4.69) is 10.3 Å². The zero-order valence-electron chi connectivity index (χ0n) is 11.6. The van der Waals surface area contributed by atoms with E-state index < -0.39 is 0 Å². The van der Waals surface area contributed by atoms with Crippen molar-refractivity contribution in [2.24, 2.45) is 5.92 Å². The maximum Gasteiger partial charge on any atom is 0.222 e. The van der Waals surface area contributed by atoms with Gasteiger partial charge in [0.1, 0.15) is 0 Å². The molecule has 0 aromatic carbocycles. The van der Waals surface area contributed by atoms with Crippen LogP contribution in [0, 0.1) is 5.92 Å². The molecule has 1 aromatic rings. The number of hydrogen-bond acceptors (Lipinski definition) is 3. The lowest BCUT2D eigenvalue weighted by molar-refractivity contribution is -0.130. The van der Waals surface area contributed by atoms with Crippen LogP contribution in [0.1, 0.15) is 24.8 Å². The van der Waals surface area contributed by atoms with Crippen LogP contribution in [0.3, 0.4) is 0 Å². The Balaban J connectivity index is 1.72. The van der Waals surface area contributed by atoms with Crippen molar-refractivity contribution in [2.75, 3.05) is 26.7 Å². The summed E-state index contributed by atoms with van der Waals surface area (Å²) in [5.74, 6) is 0.899. The van der Waals surface area contributed by atoms with Crippen molar-refractivity contribution in [1.82, 2.24) is 15.2 Å². The van der Waals surface area contributed by atoms with Crippen LogP contribution in [-0.2, 0) is 11.2 Å². The van der Waals surface area contributed by atoms with Crippen molar-refractivity contribution in [2.45, 2.75) is 25.7 Å². The number of aromatic nitrogens is 1. The Morgan fingerprint density at radius 1 is 1.47 bits per heavy atom. The Morgan fingerprint density at radius 3 is 2.95 bits per heavy atom. The van der Waals surface area contributed by atoms with Crippen LogP contribution in [0.4, 0.5) is 0 Å². The lowest BCUT2D eigenvalue weighted by Gasteiger charge is -2.27. The molecule has 19 heavy (non-hydrogen) atoms. The Labute approximate surface area is 115 Å². The standard InChI is InChI=1S/C15H23N3O/c1-18(12-14-6-9-16-10-7-14)15(19)5-4-13-3-2-8-17-11-13/h2-3,8,11,14,16H,4-7,9-10,12H2,1H3. The number of nitrogens with one attached hydrogen (secondary N) is 1. The normalized spacial score (nSPS) is 16.3. The van der Waals surface area contributed by atoms with Gasteiger partial charge in [-0.25, -0.2) is 0 Å². The molecular weight excluding hydrogens is 238 g/mol. The second-order valence-electron chi connectivity index (χ2n) is 5.33. The van der Waals surface area contributed by atoms with Crippen LogP contribution in [-0.4, -0.2) is 42.5 Å². The molecule has 4 nitrogen and oxygen atoms in total. The fraction of sp³-hybridized carbons (Fsp3) is 0.600. The molecule has 0 spiro atoms. The van der Waals surface area contributed by atoms with Gasteiger partial charge in [0.05, 0.1) is 0 Å². The number of carbonyl (C=O) groups is 1. The van der Waals surface area contributed by atoms with Gasteiger partial charge in [-0.05, 0) is 49.9 Å². The molecule has 4 heteroatoms. The van der Waals surface area contributed by atoms with Crippen molar-refractivity contribution >= 4 is 5.91 Å². The van der Waals surface area contributed by atoms with E-state index >= 15 is 0 Å². The Kier molecular flexibility index (Phi) is 5.33. The first-order chi connectivity index (χ1) is 9.25. The average Bonchev–Trinajstić information content (AvgIpc) is 2.47. The number of amides is 1. The molecule has 1 aliphatic rings. The minimum absolute atomic E-state index is 0.238. The van der Waals surface area contributed by atoms with Crippen molar-refractivity contribution in [1.29, 1.82) is 0 Å². The van der Waals surface area contributed by atoms with E-state index in [9.17, 15) is 4.79 Å². The van der Waals surface area contributed by atoms with E-state index in [1.807, 2.05) is 30.3 Å². The third-order valence-electron chi connectivity index (χ3n) is 3.77. The molecule has 0 aliphatic carbocycles. The zero-order valence-corrected chi connectivity index (χ0v) is 11.6. The van der Waals surface area contributed by atoms with Gasteiger partial charge >= 0.3 is 0 Å². The van der Waals surface area contributed by atoms with Crippen LogP contribution in [0.25, 0.3) is 0 Å². The van der Waals surface area contributed by atoms with Gasteiger partial charge < -0.3 is 10.2 Å². The molecule has 1 aliphatic heterocycles. The summed E-state index contributed by atoms with van der Waals surface area (Å²) in [7, 11) is 1.92. The number of hydrogen-bond donors (Lipinski definition) is 1. The zero-order chi connectivity index (χ0) is 13.5. The Hall–Kier alpha value is -1.42. The minimum Gasteiger partial charge on any atom is -0.345 e. The molecule has 2 heterocycles. The van der Waals surface area contributed by atoms with Crippen molar-refractivity contribution in [3.8, 4) is 0 Å². The number of pyridine rings is 1. The summed E-state index contributed by atoms with van der Waals surface area (Å²) in [6.45, 7) is 3.07. The molecule has 1 fully saturated rings. The highest BCUT2D eigenvalue weighted by molar-refractivity contribution is 5.76. The van der Waals surface area contributed by atoms with Gasteiger partial charge in [-0.3, -0.25) is 9.78 Å². The molecule has 0 saturated carbocycles. The summed E-state index contributed by atoms with van der Waals surface area (Å²) in [6, 6.07) is 3.94. The van der Waals surface area contributed by atoms with Gasteiger partial charge in [-0.1, -0.05) is 6.07 Å². The quantitative estimate of drug-likeness (QED) is 0.873. The molecular formula is C15H23N3O. The lowest BCUT2D eigenvalue weighted by Crippen LogP contribution is -2.37. The monoisotopic (exact) mass is 261 g/mol. The topological polar surface area (TPSA) is 45.2 Å². The molecule has 1 N–H and O–H groups in total. The molecule has 0 atom stereocenters. The third-order valence-corrected chi connectivity index (χ3v) is 3.77. The van der Waals surface area contributed by atoms with Gasteiger partial charge in [0.15, 0.2) is 0 Å². The van der Waals surface area contributed by atoms with Crippen LogP contribution < -0.4 is 5.32 Å². The molecule has 2 rings (SSSR count). The Bertz CT molecular complexity index is 388.